The van der Waals surface area contributed by atoms with Crippen LogP contribution in [-0.2, 0) is 0 Å². The Morgan fingerprint density at radius 3 is 1.72 bits per heavy atom. The molecule has 8 heteroatoms. The minimum atomic E-state index is 0.0227. The SMILES string of the molecule is Clc1nc(Cl)nc(Nc2ccccc2Cl)n1.c1ccc2c(c1)oc1ccccc12. The highest BCUT2D eigenvalue weighted by molar-refractivity contribution is 6.33. The maximum Gasteiger partial charge on any atom is 0.232 e. The van der Waals surface area contributed by atoms with Gasteiger partial charge in [0.05, 0.1) is 10.7 Å². The van der Waals surface area contributed by atoms with E-state index in [1.807, 2.05) is 48.5 Å². The van der Waals surface area contributed by atoms with Gasteiger partial charge in [-0.25, -0.2) is 0 Å². The van der Waals surface area contributed by atoms with E-state index in [9.17, 15) is 0 Å². The van der Waals surface area contributed by atoms with Crippen LogP contribution in [0.25, 0.3) is 21.9 Å². The summed E-state index contributed by atoms with van der Waals surface area (Å²) in [5.41, 5.74) is 2.59. The summed E-state index contributed by atoms with van der Waals surface area (Å²) in [5.74, 6) is 0.248. The third kappa shape index (κ3) is 4.59. The van der Waals surface area contributed by atoms with Crippen molar-refractivity contribution in [3.05, 3.63) is 88.4 Å². The number of nitrogens with one attached hydrogen (secondary N) is 1. The lowest BCUT2D eigenvalue weighted by atomic mass is 10.2. The summed E-state index contributed by atoms with van der Waals surface area (Å²) in [6.45, 7) is 0. The number of fused-ring (bicyclic) bond motifs is 3. The average molecular weight is 444 g/mol. The summed E-state index contributed by atoms with van der Waals surface area (Å²) < 4.78 is 5.65. The number of furan rings is 1. The molecule has 1 N–H and O–H groups in total. The first-order valence-corrected chi connectivity index (χ1v) is 9.68. The van der Waals surface area contributed by atoms with Crippen LogP contribution in [0.3, 0.4) is 0 Å². The van der Waals surface area contributed by atoms with E-state index in [1.54, 1.807) is 12.1 Å². The van der Waals surface area contributed by atoms with Gasteiger partial charge in [0.15, 0.2) is 0 Å². The Morgan fingerprint density at radius 1 is 0.621 bits per heavy atom. The summed E-state index contributed by atoms with van der Waals surface area (Å²) in [7, 11) is 0. The molecule has 5 aromatic rings. The van der Waals surface area contributed by atoms with Gasteiger partial charge in [-0.15, -0.1) is 0 Å². The van der Waals surface area contributed by atoms with Crippen molar-refractivity contribution in [1.82, 2.24) is 15.0 Å². The van der Waals surface area contributed by atoms with Gasteiger partial charge in [-0.1, -0.05) is 60.1 Å². The molecular formula is C21H13Cl3N4O. The summed E-state index contributed by atoms with van der Waals surface area (Å²) in [5, 5.41) is 5.87. The Kier molecular flexibility index (Phi) is 5.81. The molecule has 0 spiro atoms. The van der Waals surface area contributed by atoms with Crippen molar-refractivity contribution in [1.29, 1.82) is 0 Å². The van der Waals surface area contributed by atoms with Crippen LogP contribution in [0.4, 0.5) is 11.6 Å². The molecule has 0 saturated heterocycles. The van der Waals surface area contributed by atoms with Gasteiger partial charge in [-0.05, 0) is 47.5 Å². The topological polar surface area (TPSA) is 63.8 Å². The van der Waals surface area contributed by atoms with Gasteiger partial charge in [0, 0.05) is 10.8 Å². The van der Waals surface area contributed by atoms with E-state index in [0.717, 1.165) is 11.2 Å². The molecule has 0 fully saturated rings. The molecule has 2 aromatic heterocycles. The number of aromatic nitrogens is 3. The molecule has 5 nitrogen and oxygen atoms in total. The summed E-state index contributed by atoms with van der Waals surface area (Å²) in [6.07, 6.45) is 0. The lowest BCUT2D eigenvalue weighted by molar-refractivity contribution is 0.669. The maximum absolute atomic E-state index is 5.95. The maximum atomic E-state index is 5.95. The summed E-state index contributed by atoms with van der Waals surface area (Å²) >= 11 is 17.2. The molecule has 0 radical (unpaired) electrons. The second-order valence-electron chi connectivity index (χ2n) is 5.90. The monoisotopic (exact) mass is 442 g/mol. The molecule has 0 atom stereocenters. The third-order valence-electron chi connectivity index (χ3n) is 3.99. The first-order chi connectivity index (χ1) is 14.1. The molecule has 5 rings (SSSR count). The molecule has 3 aromatic carbocycles. The Bertz CT molecular complexity index is 1220. The van der Waals surface area contributed by atoms with Crippen molar-refractivity contribution in [3.63, 3.8) is 0 Å². The van der Waals surface area contributed by atoms with Crippen molar-refractivity contribution in [2.75, 3.05) is 5.32 Å². The van der Waals surface area contributed by atoms with Crippen LogP contribution >= 0.6 is 34.8 Å². The third-order valence-corrected chi connectivity index (χ3v) is 4.65. The highest BCUT2D eigenvalue weighted by Crippen LogP contribution is 2.27. The molecule has 0 unspecified atom stereocenters. The van der Waals surface area contributed by atoms with Crippen LogP contribution in [0, 0.1) is 0 Å². The van der Waals surface area contributed by atoms with Crippen molar-refractivity contribution in [2.45, 2.75) is 0 Å². The zero-order chi connectivity index (χ0) is 20.2. The molecule has 0 saturated carbocycles. The van der Waals surface area contributed by atoms with Crippen LogP contribution in [0.5, 0.6) is 0 Å². The average Bonchev–Trinajstić information content (AvgIpc) is 3.08. The summed E-state index contributed by atoms with van der Waals surface area (Å²) in [4.78, 5) is 11.4. The fourth-order valence-corrected chi connectivity index (χ4v) is 3.29. The van der Waals surface area contributed by atoms with E-state index in [2.05, 4.69) is 32.4 Å². The minimum Gasteiger partial charge on any atom is -0.456 e. The van der Waals surface area contributed by atoms with Crippen LogP contribution in [-0.4, -0.2) is 15.0 Å². The van der Waals surface area contributed by atoms with Crippen LogP contribution in [0.1, 0.15) is 0 Å². The molecular weight excluding hydrogens is 431 g/mol. The lowest BCUT2D eigenvalue weighted by Crippen LogP contribution is -1.99. The zero-order valence-electron chi connectivity index (χ0n) is 14.8. The number of rotatable bonds is 2. The quantitative estimate of drug-likeness (QED) is 0.313. The van der Waals surface area contributed by atoms with Gasteiger partial charge in [-0.2, -0.15) is 15.0 Å². The van der Waals surface area contributed by atoms with E-state index < -0.39 is 0 Å². The van der Waals surface area contributed by atoms with E-state index in [0.29, 0.717) is 10.7 Å². The van der Waals surface area contributed by atoms with Crippen LogP contribution in [0.15, 0.2) is 77.2 Å². The van der Waals surface area contributed by atoms with Gasteiger partial charge >= 0.3 is 0 Å². The first kappa shape index (κ1) is 19.5. The zero-order valence-corrected chi connectivity index (χ0v) is 17.1. The van der Waals surface area contributed by atoms with Crippen molar-refractivity contribution in [2.24, 2.45) is 0 Å². The largest absolute Gasteiger partial charge is 0.456 e. The molecule has 0 amide bonds. The number of hydrogen-bond donors (Lipinski definition) is 1. The highest BCUT2D eigenvalue weighted by atomic mass is 35.5. The van der Waals surface area contributed by atoms with Crippen LogP contribution in [0.2, 0.25) is 15.6 Å². The minimum absolute atomic E-state index is 0.0227. The second-order valence-corrected chi connectivity index (χ2v) is 6.98. The number of anilines is 2. The Balaban J connectivity index is 0.000000144. The Labute approximate surface area is 181 Å². The smallest absolute Gasteiger partial charge is 0.232 e. The van der Waals surface area contributed by atoms with Crippen LogP contribution < -0.4 is 5.32 Å². The number of nitrogens with zero attached hydrogens (tertiary/aromatic N) is 3. The van der Waals surface area contributed by atoms with Gasteiger partial charge in [-0.3, -0.25) is 0 Å². The highest BCUT2D eigenvalue weighted by Gasteiger charge is 2.05. The molecule has 2 heterocycles. The lowest BCUT2D eigenvalue weighted by Gasteiger charge is -2.06. The standard InChI is InChI=1S/C12H8O.C9H5Cl3N4/c1-3-7-11-9(5-1)10-6-2-4-8-12(10)13-11;10-5-3-1-2-4-6(5)13-9-15-7(11)14-8(12)16-9/h1-8H;1-4H,(H,13,14,15,16). The molecule has 29 heavy (non-hydrogen) atoms. The molecule has 144 valence electrons. The predicted octanol–water partition coefficient (Wildman–Crippen LogP) is 7.16. The number of para-hydroxylation sites is 3. The van der Waals surface area contributed by atoms with Gasteiger partial charge < -0.3 is 9.73 Å². The molecule has 0 aliphatic carbocycles. The second kappa shape index (κ2) is 8.66. The first-order valence-electron chi connectivity index (χ1n) is 8.55. The number of halogens is 3. The normalized spacial score (nSPS) is 10.6. The predicted molar refractivity (Wildman–Crippen MR) is 118 cm³/mol. The van der Waals surface area contributed by atoms with Crippen molar-refractivity contribution >= 4 is 68.4 Å². The van der Waals surface area contributed by atoms with Gasteiger partial charge in [0.2, 0.25) is 16.5 Å². The fourth-order valence-electron chi connectivity index (χ4n) is 2.74. The number of benzene rings is 3. The number of hydrogen-bond acceptors (Lipinski definition) is 5. The Morgan fingerprint density at radius 2 is 1.14 bits per heavy atom. The van der Waals surface area contributed by atoms with E-state index in [-0.39, 0.29) is 16.5 Å². The van der Waals surface area contributed by atoms with E-state index >= 15 is 0 Å². The molecule has 0 aliphatic heterocycles. The Hall–Kier alpha value is -2.86. The van der Waals surface area contributed by atoms with Crippen molar-refractivity contribution < 1.29 is 4.42 Å². The van der Waals surface area contributed by atoms with E-state index in [4.69, 9.17) is 39.2 Å². The van der Waals surface area contributed by atoms with E-state index in [1.165, 1.54) is 10.8 Å². The van der Waals surface area contributed by atoms with Crippen molar-refractivity contribution in [3.8, 4) is 0 Å². The van der Waals surface area contributed by atoms with Gasteiger partial charge in [0.1, 0.15) is 11.2 Å². The fraction of sp³-hybridized carbons (Fsp3) is 0. The van der Waals surface area contributed by atoms with Gasteiger partial charge in [0.25, 0.3) is 0 Å². The molecule has 0 aliphatic rings. The molecule has 0 bridgehead atoms. The summed E-state index contributed by atoms with van der Waals surface area (Å²) in [6, 6.07) is 23.4.